The summed E-state index contributed by atoms with van der Waals surface area (Å²) in [5, 5.41) is 6.82. The maximum absolute atomic E-state index is 12.0. The number of carbonyl (C=O) groups is 1. The van der Waals surface area contributed by atoms with Gasteiger partial charge < -0.3 is 5.32 Å². The maximum Gasteiger partial charge on any atom is 0.226 e. The minimum absolute atomic E-state index is 0.0168. The van der Waals surface area contributed by atoms with Gasteiger partial charge in [-0.3, -0.25) is 4.79 Å². The lowest BCUT2D eigenvalue weighted by Crippen LogP contribution is -2.24. The lowest BCUT2D eigenvalue weighted by Gasteiger charge is -2.01. The number of nitrogens with one attached hydrogen (secondary N) is 1. The van der Waals surface area contributed by atoms with E-state index in [1.807, 2.05) is 12.3 Å². The first kappa shape index (κ1) is 15.8. The predicted octanol–water partition coefficient (Wildman–Crippen LogP) is 3.74. The molecule has 4 nitrogen and oxygen atoms in total. The molecule has 2 aromatic heterocycles. The fourth-order valence-electron chi connectivity index (χ4n) is 2.12. The first-order valence-electron chi connectivity index (χ1n) is 7.29. The largest absolute Gasteiger partial charge is 0.351 e. The van der Waals surface area contributed by atoms with Gasteiger partial charge in [0, 0.05) is 22.0 Å². The van der Waals surface area contributed by atoms with Crippen molar-refractivity contribution in [2.75, 3.05) is 0 Å². The Morgan fingerprint density at radius 1 is 1.22 bits per heavy atom. The number of nitrogens with zero attached hydrogens (tertiary/aromatic N) is 2. The van der Waals surface area contributed by atoms with E-state index in [1.165, 1.54) is 5.56 Å². The Balaban J connectivity index is 1.58. The third-order valence-electron chi connectivity index (χ3n) is 3.32. The van der Waals surface area contributed by atoms with Crippen molar-refractivity contribution >= 4 is 28.6 Å². The fourth-order valence-corrected chi connectivity index (χ4v) is 3.68. The van der Waals surface area contributed by atoms with Crippen LogP contribution in [0.1, 0.15) is 21.1 Å². The van der Waals surface area contributed by atoms with Crippen molar-refractivity contribution in [1.29, 1.82) is 0 Å². The van der Waals surface area contributed by atoms with E-state index in [4.69, 9.17) is 0 Å². The summed E-state index contributed by atoms with van der Waals surface area (Å²) in [5.41, 5.74) is 3.12. The number of aromatic nitrogens is 2. The highest BCUT2D eigenvalue weighted by atomic mass is 32.1. The summed E-state index contributed by atoms with van der Waals surface area (Å²) >= 11 is 3.17. The summed E-state index contributed by atoms with van der Waals surface area (Å²) in [6, 6.07) is 8.26. The molecule has 0 saturated heterocycles. The van der Waals surface area contributed by atoms with E-state index in [-0.39, 0.29) is 5.91 Å². The van der Waals surface area contributed by atoms with Crippen LogP contribution in [-0.2, 0) is 17.8 Å². The van der Waals surface area contributed by atoms with E-state index in [2.05, 4.69) is 46.5 Å². The molecule has 3 rings (SSSR count). The van der Waals surface area contributed by atoms with Crippen molar-refractivity contribution in [3.05, 3.63) is 57.0 Å². The molecular formula is C17H17N3OS2. The molecule has 0 saturated carbocycles. The minimum Gasteiger partial charge on any atom is -0.351 e. The second-order valence-corrected chi connectivity index (χ2v) is 7.49. The predicted molar refractivity (Wildman–Crippen MR) is 94.7 cm³/mol. The summed E-state index contributed by atoms with van der Waals surface area (Å²) in [6.07, 6.45) is 2.11. The van der Waals surface area contributed by atoms with Gasteiger partial charge in [0.15, 0.2) is 0 Å². The topological polar surface area (TPSA) is 54.9 Å². The number of benzene rings is 1. The van der Waals surface area contributed by atoms with Crippen LogP contribution in [0.3, 0.4) is 0 Å². The number of amides is 1. The number of hydrogen-bond acceptors (Lipinski definition) is 5. The van der Waals surface area contributed by atoms with E-state index in [9.17, 15) is 4.79 Å². The molecule has 23 heavy (non-hydrogen) atoms. The van der Waals surface area contributed by atoms with Crippen molar-refractivity contribution in [3.8, 4) is 10.6 Å². The van der Waals surface area contributed by atoms with E-state index in [1.54, 1.807) is 28.9 Å². The SMILES string of the molecule is Cc1ccc(-c2nc(CC(=O)NCc3cnc(C)s3)cs2)cc1. The lowest BCUT2D eigenvalue weighted by molar-refractivity contribution is -0.120. The molecule has 1 amide bonds. The van der Waals surface area contributed by atoms with Crippen LogP contribution < -0.4 is 5.32 Å². The second-order valence-electron chi connectivity index (χ2n) is 5.31. The zero-order valence-electron chi connectivity index (χ0n) is 13.0. The van der Waals surface area contributed by atoms with Gasteiger partial charge in [-0.15, -0.1) is 22.7 Å². The zero-order chi connectivity index (χ0) is 16.2. The number of hydrogen-bond donors (Lipinski definition) is 1. The van der Waals surface area contributed by atoms with Crippen molar-refractivity contribution in [2.45, 2.75) is 26.8 Å². The molecule has 0 aliphatic rings. The Hall–Kier alpha value is -2.05. The smallest absolute Gasteiger partial charge is 0.226 e. The molecule has 1 aromatic carbocycles. The molecule has 2 heterocycles. The molecule has 3 aromatic rings. The van der Waals surface area contributed by atoms with Crippen molar-refractivity contribution in [1.82, 2.24) is 15.3 Å². The van der Waals surface area contributed by atoms with Crippen LogP contribution in [0, 0.1) is 13.8 Å². The molecule has 0 aliphatic carbocycles. The second kappa shape index (κ2) is 7.02. The van der Waals surface area contributed by atoms with E-state index >= 15 is 0 Å². The Labute approximate surface area is 143 Å². The third kappa shape index (κ3) is 4.24. The lowest BCUT2D eigenvalue weighted by atomic mass is 10.2. The Morgan fingerprint density at radius 2 is 2.00 bits per heavy atom. The van der Waals surface area contributed by atoms with Crippen LogP contribution in [0.5, 0.6) is 0 Å². The average Bonchev–Trinajstić information content (AvgIpc) is 3.15. The standard InChI is InChI=1S/C17H17N3OS2/c1-11-3-5-13(6-4-11)17-20-14(10-22-17)7-16(21)19-9-15-8-18-12(2)23-15/h3-6,8,10H,7,9H2,1-2H3,(H,19,21). The molecule has 0 aliphatic heterocycles. The minimum atomic E-state index is -0.0168. The van der Waals surface area contributed by atoms with Crippen LogP contribution in [-0.4, -0.2) is 15.9 Å². The third-order valence-corrected chi connectivity index (χ3v) is 5.17. The Bertz CT molecular complexity index is 805. The molecule has 118 valence electrons. The highest BCUT2D eigenvalue weighted by Crippen LogP contribution is 2.24. The highest BCUT2D eigenvalue weighted by molar-refractivity contribution is 7.13. The summed E-state index contributed by atoms with van der Waals surface area (Å²) in [4.78, 5) is 21.8. The Morgan fingerprint density at radius 3 is 2.70 bits per heavy atom. The summed E-state index contributed by atoms with van der Waals surface area (Å²) in [7, 11) is 0. The fraction of sp³-hybridized carbons (Fsp3) is 0.235. The molecule has 0 bridgehead atoms. The van der Waals surface area contributed by atoms with Crippen molar-refractivity contribution < 1.29 is 4.79 Å². The first-order chi connectivity index (χ1) is 11.1. The van der Waals surface area contributed by atoms with Crippen molar-refractivity contribution in [2.24, 2.45) is 0 Å². The summed E-state index contributed by atoms with van der Waals surface area (Å²) < 4.78 is 0. The molecule has 1 N–H and O–H groups in total. The van der Waals surface area contributed by atoms with Gasteiger partial charge in [0.1, 0.15) is 5.01 Å². The van der Waals surface area contributed by atoms with Gasteiger partial charge in [0.25, 0.3) is 0 Å². The number of carbonyl (C=O) groups excluding carboxylic acids is 1. The van der Waals surface area contributed by atoms with Gasteiger partial charge in [-0.1, -0.05) is 29.8 Å². The van der Waals surface area contributed by atoms with Gasteiger partial charge in [0.05, 0.1) is 23.7 Å². The zero-order valence-corrected chi connectivity index (χ0v) is 14.6. The van der Waals surface area contributed by atoms with Crippen molar-refractivity contribution in [3.63, 3.8) is 0 Å². The van der Waals surface area contributed by atoms with Crippen LogP contribution in [0.2, 0.25) is 0 Å². The van der Waals surface area contributed by atoms with E-state index in [0.717, 1.165) is 26.1 Å². The molecular weight excluding hydrogens is 326 g/mol. The van der Waals surface area contributed by atoms with Gasteiger partial charge in [-0.2, -0.15) is 0 Å². The molecule has 0 fully saturated rings. The monoisotopic (exact) mass is 343 g/mol. The molecule has 6 heteroatoms. The molecule has 0 spiro atoms. The first-order valence-corrected chi connectivity index (χ1v) is 8.99. The molecule has 0 atom stereocenters. The van der Waals surface area contributed by atoms with Crippen LogP contribution in [0.15, 0.2) is 35.8 Å². The number of aryl methyl sites for hydroxylation is 2. The molecule has 0 radical (unpaired) electrons. The highest BCUT2D eigenvalue weighted by Gasteiger charge is 2.09. The van der Waals surface area contributed by atoms with Gasteiger partial charge >= 0.3 is 0 Å². The average molecular weight is 343 g/mol. The van der Waals surface area contributed by atoms with E-state index < -0.39 is 0 Å². The quantitative estimate of drug-likeness (QED) is 0.768. The normalized spacial score (nSPS) is 10.7. The van der Waals surface area contributed by atoms with E-state index in [0.29, 0.717) is 13.0 Å². The number of rotatable bonds is 5. The van der Waals surface area contributed by atoms with Gasteiger partial charge in [0.2, 0.25) is 5.91 Å². The van der Waals surface area contributed by atoms with Crippen LogP contribution >= 0.6 is 22.7 Å². The van der Waals surface area contributed by atoms with Gasteiger partial charge in [-0.05, 0) is 13.8 Å². The maximum atomic E-state index is 12.0. The summed E-state index contributed by atoms with van der Waals surface area (Å²) in [6.45, 7) is 4.54. The number of thiazole rings is 2. The van der Waals surface area contributed by atoms with Gasteiger partial charge in [-0.25, -0.2) is 9.97 Å². The molecule has 0 unspecified atom stereocenters. The summed E-state index contributed by atoms with van der Waals surface area (Å²) in [5.74, 6) is -0.0168. The van der Waals surface area contributed by atoms with Crippen LogP contribution in [0.4, 0.5) is 0 Å². The Kier molecular flexibility index (Phi) is 4.83. The van der Waals surface area contributed by atoms with Crippen LogP contribution in [0.25, 0.3) is 10.6 Å².